The van der Waals surface area contributed by atoms with Crippen molar-refractivity contribution in [3.05, 3.63) is 40.5 Å². The molecule has 1 aromatic carbocycles. The Bertz CT molecular complexity index is 481. The maximum absolute atomic E-state index is 13.5. The number of aromatic amines is 1. The van der Waals surface area contributed by atoms with Crippen molar-refractivity contribution in [2.45, 2.75) is 6.54 Å². The van der Waals surface area contributed by atoms with Crippen LogP contribution in [0.3, 0.4) is 0 Å². The first-order chi connectivity index (χ1) is 7.20. The third-order valence-electron chi connectivity index (χ3n) is 2.04. The Kier molecular flexibility index (Phi) is 2.83. The minimum absolute atomic E-state index is 0.287. The van der Waals surface area contributed by atoms with E-state index in [4.69, 9.17) is 5.73 Å². The molecule has 0 aliphatic heterocycles. The number of hydrogen-bond acceptors (Lipinski definition) is 2. The number of aromatic nitrogens is 2. The molecule has 0 aliphatic carbocycles. The highest BCUT2D eigenvalue weighted by atomic mass is 79.9. The van der Waals surface area contributed by atoms with Crippen LogP contribution in [-0.4, -0.2) is 9.97 Å². The first-order valence-electron chi connectivity index (χ1n) is 4.40. The van der Waals surface area contributed by atoms with Crippen molar-refractivity contribution in [2.75, 3.05) is 0 Å². The number of nitrogens with two attached hydrogens (primary N) is 1. The van der Waals surface area contributed by atoms with Crippen LogP contribution >= 0.6 is 15.9 Å². The number of hydrogen-bond donors (Lipinski definition) is 2. The number of halogens is 2. The molecule has 2 rings (SSSR count). The molecule has 15 heavy (non-hydrogen) atoms. The molecule has 3 N–H and O–H groups in total. The average Bonchev–Trinajstić information content (AvgIpc) is 2.70. The summed E-state index contributed by atoms with van der Waals surface area (Å²) in [6, 6.07) is 4.75. The summed E-state index contributed by atoms with van der Waals surface area (Å²) in [6.07, 6.45) is 1.58. The van der Waals surface area contributed by atoms with Gasteiger partial charge in [-0.15, -0.1) is 0 Å². The van der Waals surface area contributed by atoms with Crippen molar-refractivity contribution in [3.8, 4) is 11.3 Å². The fourth-order valence-corrected chi connectivity index (χ4v) is 1.67. The molecule has 0 bridgehead atoms. The van der Waals surface area contributed by atoms with Gasteiger partial charge in [-0.3, -0.25) is 0 Å². The van der Waals surface area contributed by atoms with Gasteiger partial charge in [0.05, 0.1) is 18.4 Å². The van der Waals surface area contributed by atoms with Crippen LogP contribution < -0.4 is 5.73 Å². The van der Waals surface area contributed by atoms with Crippen molar-refractivity contribution < 1.29 is 4.39 Å². The van der Waals surface area contributed by atoms with E-state index >= 15 is 0 Å². The summed E-state index contributed by atoms with van der Waals surface area (Å²) < 4.78 is 14.3. The van der Waals surface area contributed by atoms with Gasteiger partial charge in [0.2, 0.25) is 0 Å². The second kappa shape index (κ2) is 4.12. The first kappa shape index (κ1) is 10.3. The third kappa shape index (κ3) is 2.08. The quantitative estimate of drug-likeness (QED) is 0.880. The molecule has 0 radical (unpaired) electrons. The number of imidazole rings is 1. The lowest BCUT2D eigenvalue weighted by molar-refractivity contribution is 0.630. The van der Waals surface area contributed by atoms with Gasteiger partial charge in [-0.2, -0.15) is 0 Å². The summed E-state index contributed by atoms with van der Waals surface area (Å²) in [5, 5.41) is 0. The third-order valence-corrected chi connectivity index (χ3v) is 2.53. The van der Waals surface area contributed by atoms with Crippen molar-refractivity contribution in [1.29, 1.82) is 0 Å². The molecular formula is C10H9BrFN3. The second-order valence-corrected chi connectivity index (χ2v) is 3.99. The van der Waals surface area contributed by atoms with E-state index in [1.54, 1.807) is 18.3 Å². The number of nitrogens with one attached hydrogen (secondary N) is 1. The number of nitrogens with zero attached hydrogens (tertiary/aromatic N) is 1. The van der Waals surface area contributed by atoms with Crippen LogP contribution in [0, 0.1) is 5.82 Å². The lowest BCUT2D eigenvalue weighted by Crippen LogP contribution is -1.97. The molecule has 0 unspecified atom stereocenters. The molecule has 1 heterocycles. The summed E-state index contributed by atoms with van der Waals surface area (Å²) in [5.41, 5.74) is 6.53. The van der Waals surface area contributed by atoms with Crippen LogP contribution in [0.1, 0.15) is 5.82 Å². The maximum atomic E-state index is 13.5. The van der Waals surface area contributed by atoms with Crippen molar-refractivity contribution in [1.82, 2.24) is 9.97 Å². The fraction of sp³-hybridized carbons (Fsp3) is 0.100. The predicted molar refractivity (Wildman–Crippen MR) is 59.6 cm³/mol. The monoisotopic (exact) mass is 269 g/mol. The molecule has 0 spiro atoms. The molecule has 0 atom stereocenters. The van der Waals surface area contributed by atoms with E-state index < -0.39 is 0 Å². The van der Waals surface area contributed by atoms with Crippen LogP contribution in [-0.2, 0) is 6.54 Å². The number of rotatable bonds is 2. The van der Waals surface area contributed by atoms with Gasteiger partial charge in [-0.05, 0) is 18.2 Å². The standard InChI is InChI=1S/C10H9BrFN3/c11-6-1-2-8(12)7(3-6)9-5-14-10(4-13)15-9/h1-3,5H,4,13H2,(H,14,15). The maximum Gasteiger partial charge on any atom is 0.132 e. The van der Waals surface area contributed by atoms with Gasteiger partial charge in [-0.25, -0.2) is 9.37 Å². The summed E-state index contributed by atoms with van der Waals surface area (Å²) in [4.78, 5) is 6.97. The van der Waals surface area contributed by atoms with Gasteiger partial charge in [0.1, 0.15) is 11.6 Å². The van der Waals surface area contributed by atoms with Gasteiger partial charge < -0.3 is 10.7 Å². The van der Waals surface area contributed by atoms with Crippen LogP contribution in [0.15, 0.2) is 28.9 Å². The van der Waals surface area contributed by atoms with E-state index in [9.17, 15) is 4.39 Å². The largest absolute Gasteiger partial charge is 0.341 e. The Balaban J connectivity index is 2.48. The van der Waals surface area contributed by atoms with E-state index in [1.165, 1.54) is 6.07 Å². The normalized spacial score (nSPS) is 10.6. The SMILES string of the molecule is NCc1ncc(-c2cc(Br)ccc2F)[nH]1. The van der Waals surface area contributed by atoms with Gasteiger partial charge in [0.25, 0.3) is 0 Å². The average molecular weight is 270 g/mol. The molecular weight excluding hydrogens is 261 g/mol. The molecule has 0 saturated carbocycles. The zero-order valence-corrected chi connectivity index (χ0v) is 9.38. The lowest BCUT2D eigenvalue weighted by Gasteiger charge is -2.00. The fourth-order valence-electron chi connectivity index (χ4n) is 1.31. The van der Waals surface area contributed by atoms with Gasteiger partial charge >= 0.3 is 0 Å². The summed E-state index contributed by atoms with van der Waals surface area (Å²) in [7, 11) is 0. The molecule has 2 aromatic rings. The second-order valence-electron chi connectivity index (χ2n) is 3.07. The molecule has 78 valence electrons. The molecule has 0 fully saturated rings. The zero-order valence-electron chi connectivity index (χ0n) is 7.80. The van der Waals surface area contributed by atoms with E-state index in [0.717, 1.165) is 4.47 Å². The molecule has 5 heteroatoms. The number of benzene rings is 1. The zero-order chi connectivity index (χ0) is 10.8. The van der Waals surface area contributed by atoms with Crippen LogP contribution in [0.5, 0.6) is 0 Å². The predicted octanol–water partition coefficient (Wildman–Crippen LogP) is 2.44. The molecule has 1 aromatic heterocycles. The van der Waals surface area contributed by atoms with Crippen LogP contribution in [0.25, 0.3) is 11.3 Å². The Morgan fingerprint density at radius 2 is 2.27 bits per heavy atom. The highest BCUT2D eigenvalue weighted by Crippen LogP contribution is 2.24. The van der Waals surface area contributed by atoms with Crippen LogP contribution in [0.4, 0.5) is 4.39 Å². The Hall–Kier alpha value is -1.20. The summed E-state index contributed by atoms with van der Waals surface area (Å²) in [5.74, 6) is 0.356. The minimum atomic E-state index is -0.287. The molecule has 0 aliphatic rings. The highest BCUT2D eigenvalue weighted by molar-refractivity contribution is 9.10. The Morgan fingerprint density at radius 1 is 1.47 bits per heavy atom. The van der Waals surface area contributed by atoms with E-state index in [1.807, 2.05) is 0 Å². The van der Waals surface area contributed by atoms with Gasteiger partial charge in [0, 0.05) is 10.0 Å². The Labute approximate surface area is 94.7 Å². The topological polar surface area (TPSA) is 54.7 Å². The summed E-state index contributed by atoms with van der Waals surface area (Å²) in [6.45, 7) is 0.315. The summed E-state index contributed by atoms with van der Waals surface area (Å²) >= 11 is 3.29. The highest BCUT2D eigenvalue weighted by Gasteiger charge is 2.08. The molecule has 0 amide bonds. The molecule has 3 nitrogen and oxygen atoms in total. The lowest BCUT2D eigenvalue weighted by atomic mass is 10.1. The van der Waals surface area contributed by atoms with Gasteiger partial charge in [0.15, 0.2) is 0 Å². The number of H-pyrrole nitrogens is 1. The molecule has 0 saturated heterocycles. The van der Waals surface area contributed by atoms with E-state index in [-0.39, 0.29) is 5.82 Å². The minimum Gasteiger partial charge on any atom is -0.341 e. The van der Waals surface area contributed by atoms with Crippen molar-refractivity contribution in [3.63, 3.8) is 0 Å². The first-order valence-corrected chi connectivity index (χ1v) is 5.19. The van der Waals surface area contributed by atoms with Crippen molar-refractivity contribution in [2.24, 2.45) is 5.73 Å². The smallest absolute Gasteiger partial charge is 0.132 e. The van der Waals surface area contributed by atoms with Gasteiger partial charge in [-0.1, -0.05) is 15.9 Å². The van der Waals surface area contributed by atoms with Crippen LogP contribution in [0.2, 0.25) is 0 Å². The Morgan fingerprint density at radius 3 is 2.93 bits per heavy atom. The van der Waals surface area contributed by atoms with E-state index in [2.05, 4.69) is 25.9 Å². The van der Waals surface area contributed by atoms with Crippen molar-refractivity contribution >= 4 is 15.9 Å². The van der Waals surface area contributed by atoms with E-state index in [0.29, 0.717) is 23.6 Å².